The minimum Gasteiger partial charge on any atom is -0.256 e. The fourth-order valence-corrected chi connectivity index (χ4v) is 7.00. The molecule has 0 unspecified atom stereocenters. The average Bonchev–Trinajstić information content (AvgIpc) is 3.24. The zero-order valence-electron chi connectivity index (χ0n) is 36.7. The van der Waals surface area contributed by atoms with E-state index in [1.165, 1.54) is 16.7 Å². The second kappa shape index (κ2) is 17.4. The van der Waals surface area contributed by atoms with E-state index in [0.717, 1.165) is 67.1 Å². The first-order chi connectivity index (χ1) is 28.6. The molecule has 0 saturated carbocycles. The molecular formula is C57H57N3. The van der Waals surface area contributed by atoms with Gasteiger partial charge in [0.25, 0.3) is 0 Å². The van der Waals surface area contributed by atoms with Gasteiger partial charge in [-0.05, 0) is 138 Å². The molecule has 7 rings (SSSR count). The molecule has 0 spiro atoms. The van der Waals surface area contributed by atoms with E-state index in [0.29, 0.717) is 0 Å². The van der Waals surface area contributed by atoms with E-state index >= 15 is 0 Å². The Balaban J connectivity index is 1.15. The highest BCUT2D eigenvalue weighted by molar-refractivity contribution is 5.88. The van der Waals surface area contributed by atoms with Gasteiger partial charge in [0.05, 0.1) is 17.1 Å². The molecule has 0 aliphatic heterocycles. The van der Waals surface area contributed by atoms with Gasteiger partial charge in [-0.2, -0.15) is 0 Å². The summed E-state index contributed by atoms with van der Waals surface area (Å²) in [7, 11) is 0. The molecule has 7 aromatic rings. The standard InChI is InChI=1S/C57H57N3/c1-55(2,3)49-22-28-52(29-23-49)58-37-40-10-16-43(17-11-40)46-34-47(44-18-12-41(13-19-44)38-59-53-30-24-50(25-31-53)56(4,5)6)36-48(35-46)45-20-14-42(15-21-45)39-60-54-32-26-51(27-33-54)57(7,8)9/h10-39H,1-9H3. The quantitative estimate of drug-likeness (QED) is 0.131. The van der Waals surface area contributed by atoms with Gasteiger partial charge in [0.15, 0.2) is 0 Å². The number of nitrogens with zero attached hydrogens (tertiary/aromatic N) is 3. The maximum Gasteiger partial charge on any atom is 0.0630 e. The van der Waals surface area contributed by atoms with Gasteiger partial charge < -0.3 is 0 Å². The van der Waals surface area contributed by atoms with Crippen molar-refractivity contribution in [2.45, 2.75) is 78.6 Å². The highest BCUT2D eigenvalue weighted by atomic mass is 14.7. The smallest absolute Gasteiger partial charge is 0.0630 e. The van der Waals surface area contributed by atoms with E-state index in [1.54, 1.807) is 0 Å². The summed E-state index contributed by atoms with van der Waals surface area (Å²) in [6, 6.07) is 58.4. The molecule has 300 valence electrons. The predicted molar refractivity (Wildman–Crippen MR) is 260 cm³/mol. The third-order valence-corrected chi connectivity index (χ3v) is 11.0. The van der Waals surface area contributed by atoms with Crippen LogP contribution in [0.3, 0.4) is 0 Å². The van der Waals surface area contributed by atoms with Gasteiger partial charge in [-0.1, -0.05) is 172 Å². The summed E-state index contributed by atoms with van der Waals surface area (Å²) in [5, 5.41) is 0. The van der Waals surface area contributed by atoms with E-state index in [1.807, 2.05) is 18.6 Å². The molecule has 0 bridgehead atoms. The fourth-order valence-electron chi connectivity index (χ4n) is 7.00. The Morgan fingerprint density at radius 1 is 0.267 bits per heavy atom. The van der Waals surface area contributed by atoms with Crippen molar-refractivity contribution in [1.82, 2.24) is 0 Å². The first kappa shape index (κ1) is 41.7. The van der Waals surface area contributed by atoms with Crippen molar-refractivity contribution in [2.24, 2.45) is 15.0 Å². The van der Waals surface area contributed by atoms with E-state index in [-0.39, 0.29) is 16.2 Å². The van der Waals surface area contributed by atoms with Crippen LogP contribution >= 0.6 is 0 Å². The summed E-state index contributed by atoms with van der Waals surface area (Å²) >= 11 is 0. The molecule has 7 aromatic carbocycles. The van der Waals surface area contributed by atoms with Crippen molar-refractivity contribution in [3.63, 3.8) is 0 Å². The van der Waals surface area contributed by atoms with Gasteiger partial charge in [0.1, 0.15) is 0 Å². The molecule has 0 heterocycles. The topological polar surface area (TPSA) is 37.1 Å². The lowest BCUT2D eigenvalue weighted by atomic mass is 9.87. The van der Waals surface area contributed by atoms with Gasteiger partial charge in [-0.25, -0.2) is 0 Å². The van der Waals surface area contributed by atoms with Crippen LogP contribution < -0.4 is 0 Å². The Labute approximate surface area is 358 Å². The maximum atomic E-state index is 4.77. The van der Waals surface area contributed by atoms with Crippen LogP contribution in [-0.2, 0) is 16.2 Å². The zero-order valence-corrected chi connectivity index (χ0v) is 36.7. The van der Waals surface area contributed by atoms with Gasteiger partial charge in [0, 0.05) is 18.6 Å². The molecule has 0 radical (unpaired) electrons. The van der Waals surface area contributed by atoms with Crippen LogP contribution in [0, 0.1) is 0 Å². The Kier molecular flexibility index (Phi) is 12.1. The van der Waals surface area contributed by atoms with Crippen LogP contribution in [0.25, 0.3) is 33.4 Å². The molecule has 0 fully saturated rings. The summed E-state index contributed by atoms with van der Waals surface area (Å²) in [6.45, 7) is 20.1. The molecule has 60 heavy (non-hydrogen) atoms. The summed E-state index contributed by atoms with van der Waals surface area (Å²) < 4.78 is 0. The maximum absolute atomic E-state index is 4.77. The molecule has 0 atom stereocenters. The average molecular weight is 784 g/mol. The minimum atomic E-state index is 0.116. The van der Waals surface area contributed by atoms with Crippen molar-refractivity contribution in [3.05, 3.63) is 197 Å². The molecule has 0 amide bonds. The van der Waals surface area contributed by atoms with E-state index in [9.17, 15) is 0 Å². The van der Waals surface area contributed by atoms with Crippen LogP contribution in [0.2, 0.25) is 0 Å². The molecule has 3 nitrogen and oxygen atoms in total. The summed E-state index contributed by atoms with van der Waals surface area (Å²) in [6.07, 6.45) is 5.82. The Bertz CT molecular complexity index is 2290. The van der Waals surface area contributed by atoms with Gasteiger partial charge in [-0.3, -0.25) is 15.0 Å². The lowest BCUT2D eigenvalue weighted by Gasteiger charge is -2.18. The minimum absolute atomic E-state index is 0.116. The third-order valence-electron chi connectivity index (χ3n) is 11.0. The monoisotopic (exact) mass is 783 g/mol. The second-order valence-electron chi connectivity index (χ2n) is 18.8. The summed E-state index contributed by atoms with van der Waals surface area (Å²) in [4.78, 5) is 14.3. The molecule has 0 aliphatic carbocycles. The Morgan fingerprint density at radius 2 is 0.483 bits per heavy atom. The van der Waals surface area contributed by atoms with E-state index in [4.69, 9.17) is 15.0 Å². The molecule has 3 heteroatoms. The van der Waals surface area contributed by atoms with Crippen LogP contribution in [0.5, 0.6) is 0 Å². The highest BCUT2D eigenvalue weighted by Crippen LogP contribution is 2.34. The fraction of sp³-hybridized carbons (Fsp3) is 0.211. The highest BCUT2D eigenvalue weighted by Gasteiger charge is 2.15. The number of aliphatic imine (C=N–C) groups is 3. The summed E-state index contributed by atoms with van der Waals surface area (Å²) in [5.41, 5.74) is 17.2. The van der Waals surface area contributed by atoms with Crippen LogP contribution in [0.15, 0.2) is 179 Å². The van der Waals surface area contributed by atoms with Crippen molar-refractivity contribution in [1.29, 1.82) is 0 Å². The first-order valence-corrected chi connectivity index (χ1v) is 21.0. The Hall–Kier alpha value is -6.45. The van der Waals surface area contributed by atoms with E-state index < -0.39 is 0 Å². The largest absolute Gasteiger partial charge is 0.256 e. The lowest BCUT2D eigenvalue weighted by Crippen LogP contribution is -2.10. The van der Waals surface area contributed by atoms with Gasteiger partial charge in [0.2, 0.25) is 0 Å². The molecular weight excluding hydrogens is 727 g/mol. The van der Waals surface area contributed by atoms with Crippen molar-refractivity contribution in [3.8, 4) is 33.4 Å². The van der Waals surface area contributed by atoms with Crippen molar-refractivity contribution in [2.75, 3.05) is 0 Å². The molecule has 0 saturated heterocycles. The number of rotatable bonds is 9. The number of hydrogen-bond acceptors (Lipinski definition) is 3. The lowest BCUT2D eigenvalue weighted by molar-refractivity contribution is 0.590. The zero-order chi connectivity index (χ0) is 42.5. The molecule has 0 aliphatic rings. The molecule has 0 aromatic heterocycles. The third kappa shape index (κ3) is 10.8. The number of benzene rings is 7. The number of hydrogen-bond donors (Lipinski definition) is 0. The SMILES string of the molecule is CC(C)(C)c1ccc(N=Cc2ccc(-c3cc(-c4ccc(C=Nc5ccc(C(C)(C)C)cc5)cc4)cc(-c4ccc(C=Nc5ccc(C(C)(C)C)cc5)cc4)c3)cc2)cc1. The Morgan fingerprint density at radius 3 is 0.683 bits per heavy atom. The predicted octanol–water partition coefficient (Wildman–Crippen LogP) is 15.8. The van der Waals surface area contributed by atoms with Gasteiger partial charge in [-0.15, -0.1) is 0 Å². The first-order valence-electron chi connectivity index (χ1n) is 21.0. The van der Waals surface area contributed by atoms with Crippen LogP contribution in [0.4, 0.5) is 17.1 Å². The van der Waals surface area contributed by atoms with Crippen LogP contribution in [0.1, 0.15) is 95.7 Å². The van der Waals surface area contributed by atoms with Gasteiger partial charge >= 0.3 is 0 Å². The normalized spacial score (nSPS) is 12.6. The molecule has 0 N–H and O–H groups in total. The second-order valence-corrected chi connectivity index (χ2v) is 18.8. The van der Waals surface area contributed by atoms with Crippen molar-refractivity contribution >= 4 is 35.7 Å². The van der Waals surface area contributed by atoms with Crippen LogP contribution in [-0.4, -0.2) is 18.6 Å². The van der Waals surface area contributed by atoms with E-state index in [2.05, 4.69) is 226 Å². The summed E-state index contributed by atoms with van der Waals surface area (Å²) in [5.74, 6) is 0. The van der Waals surface area contributed by atoms with Crippen molar-refractivity contribution < 1.29 is 0 Å².